The summed E-state index contributed by atoms with van der Waals surface area (Å²) in [5.41, 5.74) is 7.72. The van der Waals surface area contributed by atoms with Gasteiger partial charge < -0.3 is 15.8 Å². The highest BCUT2D eigenvalue weighted by atomic mass is 16.5. The van der Waals surface area contributed by atoms with Crippen molar-refractivity contribution in [2.75, 3.05) is 7.11 Å². The molecule has 0 heterocycles. The van der Waals surface area contributed by atoms with Gasteiger partial charge in [0.2, 0.25) is 5.91 Å². The highest BCUT2D eigenvalue weighted by Gasteiger charge is 2.27. The highest BCUT2D eigenvalue weighted by Crippen LogP contribution is 2.13. The first-order valence-corrected chi connectivity index (χ1v) is 6.57. The molecular formula is C15H22N2O3. The largest absolute Gasteiger partial charge is 0.467 e. The predicted octanol–water partition coefficient (Wildman–Crippen LogP) is 1.31. The third-order valence-corrected chi connectivity index (χ3v) is 3.14. The number of rotatable bonds is 5. The minimum absolute atomic E-state index is 0.0726. The van der Waals surface area contributed by atoms with Gasteiger partial charge in [0, 0.05) is 0 Å². The minimum atomic E-state index is -0.804. The number of hydrogen-bond donors (Lipinski definition) is 2. The summed E-state index contributed by atoms with van der Waals surface area (Å²) in [4.78, 5) is 23.7. The van der Waals surface area contributed by atoms with Crippen LogP contribution in [0.1, 0.15) is 31.0 Å². The second-order valence-corrected chi connectivity index (χ2v) is 5.14. The third kappa shape index (κ3) is 4.06. The number of carbonyl (C=O) groups is 2. The van der Waals surface area contributed by atoms with Crippen LogP contribution in [0.4, 0.5) is 0 Å². The number of ether oxygens (including phenoxy) is 1. The average molecular weight is 278 g/mol. The normalized spacial score (nSPS) is 13.7. The monoisotopic (exact) mass is 278 g/mol. The lowest BCUT2D eigenvalue weighted by atomic mass is 10.0. The molecule has 0 aliphatic rings. The van der Waals surface area contributed by atoms with Crippen LogP contribution in [0.15, 0.2) is 24.3 Å². The quantitative estimate of drug-likeness (QED) is 0.796. The molecule has 0 aromatic heterocycles. The lowest BCUT2D eigenvalue weighted by Crippen LogP contribution is -2.48. The van der Waals surface area contributed by atoms with Crippen LogP contribution < -0.4 is 11.1 Å². The zero-order valence-corrected chi connectivity index (χ0v) is 12.3. The van der Waals surface area contributed by atoms with Gasteiger partial charge in [0.1, 0.15) is 12.1 Å². The zero-order chi connectivity index (χ0) is 15.3. The zero-order valence-electron chi connectivity index (χ0n) is 12.3. The van der Waals surface area contributed by atoms with E-state index in [4.69, 9.17) is 5.73 Å². The number of carbonyl (C=O) groups excluding carboxylic acids is 2. The van der Waals surface area contributed by atoms with E-state index in [1.165, 1.54) is 7.11 Å². The van der Waals surface area contributed by atoms with Gasteiger partial charge in [-0.25, -0.2) is 4.79 Å². The third-order valence-electron chi connectivity index (χ3n) is 3.14. The molecule has 0 aliphatic carbocycles. The van der Waals surface area contributed by atoms with E-state index in [1.807, 2.05) is 45.0 Å². The van der Waals surface area contributed by atoms with Gasteiger partial charge in [-0.2, -0.15) is 0 Å². The number of hydrogen-bond acceptors (Lipinski definition) is 4. The van der Waals surface area contributed by atoms with E-state index in [0.717, 1.165) is 5.56 Å². The second-order valence-electron chi connectivity index (χ2n) is 5.14. The summed E-state index contributed by atoms with van der Waals surface area (Å²) < 4.78 is 4.68. The van der Waals surface area contributed by atoms with E-state index in [-0.39, 0.29) is 5.92 Å². The Morgan fingerprint density at radius 2 is 1.75 bits per heavy atom. The van der Waals surface area contributed by atoms with Gasteiger partial charge >= 0.3 is 5.97 Å². The van der Waals surface area contributed by atoms with Crippen molar-refractivity contribution in [3.8, 4) is 0 Å². The summed E-state index contributed by atoms with van der Waals surface area (Å²) in [5, 5.41) is 2.64. The van der Waals surface area contributed by atoms with Gasteiger partial charge in [-0.15, -0.1) is 0 Å². The number of methoxy groups -OCH3 is 1. The van der Waals surface area contributed by atoms with Crippen molar-refractivity contribution in [2.45, 2.75) is 32.9 Å². The van der Waals surface area contributed by atoms with Crippen LogP contribution >= 0.6 is 0 Å². The molecule has 5 nitrogen and oxygen atoms in total. The fourth-order valence-electron chi connectivity index (χ4n) is 1.79. The maximum absolute atomic E-state index is 12.1. The topological polar surface area (TPSA) is 81.4 Å². The lowest BCUT2D eigenvalue weighted by molar-refractivity contribution is -0.146. The molecule has 5 heteroatoms. The molecule has 0 saturated heterocycles. The molecule has 110 valence electrons. The summed E-state index contributed by atoms with van der Waals surface area (Å²) in [6, 6.07) is 5.90. The molecule has 0 spiro atoms. The van der Waals surface area contributed by atoms with Crippen LogP contribution in [0.25, 0.3) is 0 Å². The van der Waals surface area contributed by atoms with E-state index >= 15 is 0 Å². The molecule has 1 rings (SSSR count). The van der Waals surface area contributed by atoms with E-state index in [0.29, 0.717) is 5.56 Å². The Hall–Kier alpha value is -1.88. The fraction of sp³-hybridized carbons (Fsp3) is 0.467. The van der Waals surface area contributed by atoms with Crippen molar-refractivity contribution in [3.63, 3.8) is 0 Å². The molecule has 0 fully saturated rings. The highest BCUT2D eigenvalue weighted by molar-refractivity contribution is 5.88. The summed E-state index contributed by atoms with van der Waals surface area (Å²) in [6.45, 7) is 5.62. The van der Waals surface area contributed by atoms with Crippen LogP contribution in [-0.2, 0) is 14.3 Å². The van der Waals surface area contributed by atoms with Gasteiger partial charge in [-0.3, -0.25) is 4.79 Å². The van der Waals surface area contributed by atoms with Crippen LogP contribution in [0, 0.1) is 12.8 Å². The summed E-state index contributed by atoms with van der Waals surface area (Å²) >= 11 is 0. The molecule has 0 saturated carbocycles. The molecule has 0 bridgehead atoms. The van der Waals surface area contributed by atoms with Crippen LogP contribution in [0.3, 0.4) is 0 Å². The number of nitrogens with one attached hydrogen (secondary N) is 1. The van der Waals surface area contributed by atoms with Crippen molar-refractivity contribution < 1.29 is 14.3 Å². The maximum Gasteiger partial charge on any atom is 0.328 e. The Labute approximate surface area is 119 Å². The number of esters is 1. The van der Waals surface area contributed by atoms with Crippen molar-refractivity contribution in [3.05, 3.63) is 35.4 Å². The van der Waals surface area contributed by atoms with Crippen molar-refractivity contribution in [2.24, 2.45) is 11.7 Å². The van der Waals surface area contributed by atoms with E-state index in [2.05, 4.69) is 10.1 Å². The molecule has 1 amide bonds. The number of benzene rings is 1. The SMILES string of the molecule is COC(=O)[C@@H](NC(=O)C(N)c1ccc(C)cc1)C(C)C. The lowest BCUT2D eigenvalue weighted by Gasteiger charge is -2.22. The number of nitrogens with two attached hydrogens (primary N) is 1. The summed E-state index contributed by atoms with van der Waals surface area (Å²) in [6.07, 6.45) is 0. The number of amides is 1. The molecule has 2 atom stereocenters. The summed E-state index contributed by atoms with van der Waals surface area (Å²) in [5.74, 6) is -0.931. The van der Waals surface area contributed by atoms with Crippen molar-refractivity contribution in [1.82, 2.24) is 5.32 Å². The number of aryl methyl sites for hydroxylation is 1. The molecule has 20 heavy (non-hydrogen) atoms. The molecule has 3 N–H and O–H groups in total. The van der Waals surface area contributed by atoms with E-state index in [9.17, 15) is 9.59 Å². The van der Waals surface area contributed by atoms with Crippen LogP contribution in [0.5, 0.6) is 0 Å². The Kier molecular flexibility index (Phi) is 5.70. The van der Waals surface area contributed by atoms with Gasteiger partial charge in [-0.1, -0.05) is 43.7 Å². The second kappa shape index (κ2) is 7.05. The van der Waals surface area contributed by atoms with Gasteiger partial charge in [0.15, 0.2) is 0 Å². The van der Waals surface area contributed by atoms with E-state index < -0.39 is 24.0 Å². The smallest absolute Gasteiger partial charge is 0.328 e. The van der Waals surface area contributed by atoms with Crippen LogP contribution in [-0.4, -0.2) is 25.0 Å². The molecule has 0 radical (unpaired) electrons. The maximum atomic E-state index is 12.1. The standard InChI is InChI=1S/C15H22N2O3/c1-9(2)13(15(19)20-4)17-14(18)12(16)11-7-5-10(3)6-8-11/h5-9,12-13H,16H2,1-4H3,(H,17,18)/t12?,13-/m0/s1. The van der Waals surface area contributed by atoms with Crippen LogP contribution in [0.2, 0.25) is 0 Å². The first-order valence-electron chi connectivity index (χ1n) is 6.57. The van der Waals surface area contributed by atoms with Gasteiger partial charge in [0.05, 0.1) is 7.11 Å². The predicted molar refractivity (Wildman–Crippen MR) is 76.9 cm³/mol. The van der Waals surface area contributed by atoms with Gasteiger partial charge in [-0.05, 0) is 18.4 Å². The Bertz CT molecular complexity index is 469. The van der Waals surface area contributed by atoms with Crippen molar-refractivity contribution in [1.29, 1.82) is 0 Å². The van der Waals surface area contributed by atoms with Crippen molar-refractivity contribution >= 4 is 11.9 Å². The molecular weight excluding hydrogens is 256 g/mol. The first kappa shape index (κ1) is 16.2. The molecule has 1 aromatic rings. The first-order chi connectivity index (χ1) is 9.36. The Morgan fingerprint density at radius 3 is 2.20 bits per heavy atom. The van der Waals surface area contributed by atoms with Gasteiger partial charge in [0.25, 0.3) is 0 Å². The fourth-order valence-corrected chi connectivity index (χ4v) is 1.79. The minimum Gasteiger partial charge on any atom is -0.467 e. The Morgan fingerprint density at radius 1 is 1.20 bits per heavy atom. The molecule has 0 aliphatic heterocycles. The summed E-state index contributed by atoms with van der Waals surface area (Å²) in [7, 11) is 1.30. The Balaban J connectivity index is 2.78. The molecule has 1 aromatic carbocycles. The average Bonchev–Trinajstić information content (AvgIpc) is 2.43. The van der Waals surface area contributed by atoms with E-state index in [1.54, 1.807) is 0 Å². The molecule has 1 unspecified atom stereocenters.